The molecule has 0 unspecified atom stereocenters. The van der Waals surface area contributed by atoms with Crippen molar-refractivity contribution in [1.82, 2.24) is 19.5 Å². The van der Waals surface area contributed by atoms with Crippen LogP contribution >= 0.6 is 35.1 Å². The van der Waals surface area contributed by atoms with Crippen LogP contribution in [0.1, 0.15) is 32.1 Å². The lowest BCUT2D eigenvalue weighted by Crippen LogP contribution is -2.22. The Morgan fingerprint density at radius 3 is 2.50 bits per heavy atom. The quantitative estimate of drug-likeness (QED) is 0.469. The second kappa shape index (κ2) is 9.39. The predicted molar refractivity (Wildman–Crippen MR) is 116 cm³/mol. The SMILES string of the molecule is CSNC(=O)c1cc(Cl)cc(C)c1NC(=O)c1cc(C(F)(F)F)nn1-c1ncccc1Cl. The van der Waals surface area contributed by atoms with Crippen molar-refractivity contribution in [2.24, 2.45) is 0 Å². The molecule has 0 atom stereocenters. The first-order chi connectivity index (χ1) is 15.0. The Bertz CT molecular complexity index is 1200. The van der Waals surface area contributed by atoms with E-state index >= 15 is 0 Å². The highest BCUT2D eigenvalue weighted by atomic mass is 35.5. The summed E-state index contributed by atoms with van der Waals surface area (Å²) in [6.45, 7) is 1.59. The number of aryl methyl sites for hydroxylation is 1. The van der Waals surface area contributed by atoms with Gasteiger partial charge in [0.25, 0.3) is 11.8 Å². The molecule has 0 saturated heterocycles. The number of hydrogen-bond donors (Lipinski definition) is 2. The topological polar surface area (TPSA) is 88.9 Å². The van der Waals surface area contributed by atoms with Gasteiger partial charge in [-0.15, -0.1) is 0 Å². The Kier molecular flexibility index (Phi) is 7.01. The highest BCUT2D eigenvalue weighted by molar-refractivity contribution is 7.97. The summed E-state index contributed by atoms with van der Waals surface area (Å²) in [6.07, 6.45) is -1.89. The lowest BCUT2D eigenvalue weighted by Gasteiger charge is -2.15. The van der Waals surface area contributed by atoms with Crippen LogP contribution < -0.4 is 10.0 Å². The molecule has 168 valence electrons. The molecular formula is C19H14Cl2F3N5O2S. The molecule has 0 aliphatic rings. The number of nitrogens with one attached hydrogen (secondary N) is 2. The van der Waals surface area contributed by atoms with Crippen LogP contribution in [0.5, 0.6) is 0 Å². The van der Waals surface area contributed by atoms with Crippen LogP contribution in [0.15, 0.2) is 36.5 Å². The molecule has 1 aromatic carbocycles. The number of benzene rings is 1. The summed E-state index contributed by atoms with van der Waals surface area (Å²) in [5.41, 5.74) is -1.24. The molecule has 3 aromatic rings. The minimum Gasteiger partial charge on any atom is -0.320 e. The number of carbonyl (C=O) groups excluding carboxylic acids is 2. The highest BCUT2D eigenvalue weighted by Crippen LogP contribution is 2.31. The molecule has 0 fully saturated rings. The van der Waals surface area contributed by atoms with Gasteiger partial charge in [0.15, 0.2) is 11.5 Å². The maximum absolute atomic E-state index is 13.3. The van der Waals surface area contributed by atoms with Gasteiger partial charge in [-0.3, -0.25) is 14.3 Å². The molecule has 0 saturated carbocycles. The molecule has 32 heavy (non-hydrogen) atoms. The summed E-state index contributed by atoms with van der Waals surface area (Å²) in [5, 5.41) is 6.20. The minimum absolute atomic E-state index is 0.0129. The summed E-state index contributed by atoms with van der Waals surface area (Å²) in [7, 11) is 0. The number of amides is 2. The maximum atomic E-state index is 13.3. The molecule has 13 heteroatoms. The van der Waals surface area contributed by atoms with Crippen molar-refractivity contribution in [2.75, 3.05) is 11.6 Å². The second-order valence-corrected chi connectivity index (χ2v) is 7.82. The van der Waals surface area contributed by atoms with Crippen LogP contribution in [0, 0.1) is 6.92 Å². The zero-order valence-electron chi connectivity index (χ0n) is 16.4. The Hall–Kier alpha value is -2.76. The van der Waals surface area contributed by atoms with E-state index < -0.39 is 29.4 Å². The van der Waals surface area contributed by atoms with Crippen molar-refractivity contribution < 1.29 is 22.8 Å². The van der Waals surface area contributed by atoms with Gasteiger partial charge in [0.05, 0.1) is 16.3 Å². The average molecular weight is 504 g/mol. The van der Waals surface area contributed by atoms with Crippen molar-refractivity contribution in [3.8, 4) is 5.82 Å². The Morgan fingerprint density at radius 2 is 1.88 bits per heavy atom. The number of halogens is 5. The van der Waals surface area contributed by atoms with E-state index in [1.54, 1.807) is 13.2 Å². The van der Waals surface area contributed by atoms with Gasteiger partial charge in [-0.2, -0.15) is 18.3 Å². The van der Waals surface area contributed by atoms with Gasteiger partial charge >= 0.3 is 6.18 Å². The van der Waals surface area contributed by atoms with Crippen LogP contribution in [-0.4, -0.2) is 32.8 Å². The third-order valence-corrected chi connectivity index (χ3v) is 5.05. The maximum Gasteiger partial charge on any atom is 0.435 e. The van der Waals surface area contributed by atoms with Crippen LogP contribution in [0.25, 0.3) is 5.82 Å². The number of carbonyl (C=O) groups is 2. The Morgan fingerprint density at radius 1 is 1.16 bits per heavy atom. The lowest BCUT2D eigenvalue weighted by molar-refractivity contribution is -0.141. The highest BCUT2D eigenvalue weighted by Gasteiger charge is 2.36. The average Bonchev–Trinajstić information content (AvgIpc) is 3.16. The molecule has 0 spiro atoms. The number of aromatic nitrogens is 3. The molecule has 7 nitrogen and oxygen atoms in total. The first-order valence-corrected chi connectivity index (χ1v) is 10.7. The molecule has 3 rings (SSSR count). The molecule has 0 bridgehead atoms. The van der Waals surface area contributed by atoms with Crippen molar-refractivity contribution in [3.05, 3.63) is 69.1 Å². The van der Waals surface area contributed by atoms with E-state index in [1.165, 1.54) is 30.5 Å². The Labute approximate surface area is 194 Å². The summed E-state index contributed by atoms with van der Waals surface area (Å²) >= 11 is 13.1. The van der Waals surface area contributed by atoms with Crippen molar-refractivity contribution >= 4 is 52.7 Å². The number of pyridine rings is 1. The van der Waals surface area contributed by atoms with E-state index in [2.05, 4.69) is 20.1 Å². The van der Waals surface area contributed by atoms with E-state index in [0.717, 1.165) is 11.9 Å². The van der Waals surface area contributed by atoms with E-state index in [1.807, 2.05) is 0 Å². The first-order valence-electron chi connectivity index (χ1n) is 8.76. The normalized spacial score (nSPS) is 11.3. The number of hydrogen-bond acceptors (Lipinski definition) is 5. The van der Waals surface area contributed by atoms with E-state index in [4.69, 9.17) is 23.2 Å². The zero-order valence-corrected chi connectivity index (χ0v) is 18.7. The standard InChI is InChI=1S/C19H14Cl2F3N5O2S/c1-9-6-10(20)7-11(17(30)28-32-2)15(9)26-18(31)13-8-14(19(22,23)24)27-29(13)16-12(21)4-3-5-25-16/h3-8H,1-2H3,(H,26,31)(H,28,30). The summed E-state index contributed by atoms with van der Waals surface area (Å²) in [5.74, 6) is -1.67. The lowest BCUT2D eigenvalue weighted by atomic mass is 10.1. The van der Waals surface area contributed by atoms with Gasteiger partial charge in [0.2, 0.25) is 0 Å². The summed E-state index contributed by atoms with van der Waals surface area (Å²) in [6, 6.07) is 6.29. The third-order valence-electron chi connectivity index (χ3n) is 4.15. The molecule has 2 amide bonds. The molecule has 2 aromatic heterocycles. The molecule has 0 aliphatic carbocycles. The zero-order chi connectivity index (χ0) is 23.6. The number of rotatable bonds is 5. The van der Waals surface area contributed by atoms with Crippen LogP contribution in [-0.2, 0) is 6.18 Å². The Balaban J connectivity index is 2.11. The van der Waals surface area contributed by atoms with E-state index in [-0.39, 0.29) is 27.1 Å². The monoisotopic (exact) mass is 503 g/mol. The fourth-order valence-corrected chi connectivity index (χ4v) is 3.56. The molecular weight excluding hydrogens is 490 g/mol. The van der Waals surface area contributed by atoms with Gasteiger partial charge in [0.1, 0.15) is 5.69 Å². The van der Waals surface area contributed by atoms with Crippen LogP contribution in [0.4, 0.5) is 18.9 Å². The van der Waals surface area contributed by atoms with Gasteiger partial charge < -0.3 is 5.32 Å². The van der Waals surface area contributed by atoms with Crippen molar-refractivity contribution in [1.29, 1.82) is 0 Å². The number of alkyl halides is 3. The smallest absolute Gasteiger partial charge is 0.320 e. The van der Waals surface area contributed by atoms with E-state index in [9.17, 15) is 22.8 Å². The van der Waals surface area contributed by atoms with Gasteiger partial charge in [-0.25, -0.2) is 9.67 Å². The molecule has 0 aliphatic heterocycles. The molecule has 2 heterocycles. The third kappa shape index (κ3) is 5.00. The van der Waals surface area contributed by atoms with Crippen LogP contribution in [0.2, 0.25) is 10.0 Å². The predicted octanol–water partition coefficient (Wildman–Crippen LogP) is 5.16. The fourth-order valence-electron chi connectivity index (χ4n) is 2.79. The molecule has 2 N–H and O–H groups in total. The van der Waals surface area contributed by atoms with Gasteiger partial charge in [-0.1, -0.05) is 35.1 Å². The van der Waals surface area contributed by atoms with Gasteiger partial charge in [0, 0.05) is 23.5 Å². The van der Waals surface area contributed by atoms with Gasteiger partial charge in [-0.05, 0) is 36.8 Å². The summed E-state index contributed by atoms with van der Waals surface area (Å²) in [4.78, 5) is 29.4. The van der Waals surface area contributed by atoms with Crippen molar-refractivity contribution in [3.63, 3.8) is 0 Å². The summed E-state index contributed by atoms with van der Waals surface area (Å²) < 4.78 is 43.2. The van der Waals surface area contributed by atoms with Crippen LogP contribution in [0.3, 0.4) is 0 Å². The van der Waals surface area contributed by atoms with Crippen molar-refractivity contribution in [2.45, 2.75) is 13.1 Å². The molecule has 0 radical (unpaired) electrons. The number of anilines is 1. The second-order valence-electron chi connectivity index (χ2n) is 6.37. The van der Waals surface area contributed by atoms with E-state index in [0.29, 0.717) is 16.3 Å². The fraction of sp³-hybridized carbons (Fsp3) is 0.158. The first kappa shape index (κ1) is 23.9. The minimum atomic E-state index is -4.82. The number of nitrogens with zero attached hydrogens (tertiary/aromatic N) is 3. The largest absolute Gasteiger partial charge is 0.435 e.